The van der Waals surface area contributed by atoms with Crippen molar-refractivity contribution in [1.82, 2.24) is 5.32 Å². The molecule has 0 radical (unpaired) electrons. The van der Waals surface area contributed by atoms with Crippen molar-refractivity contribution >= 4 is 21.8 Å². The molecule has 0 heterocycles. The molecule has 4 rings (SSSR count). The van der Waals surface area contributed by atoms with Gasteiger partial charge >= 0.3 is 0 Å². The first-order valence-corrected chi connectivity index (χ1v) is 8.75. The molecule has 3 unspecified atom stereocenters. The van der Waals surface area contributed by atoms with Gasteiger partial charge in [0.25, 0.3) is 0 Å². The zero-order valence-electron chi connectivity index (χ0n) is 12.2. The molecule has 19 heavy (non-hydrogen) atoms. The van der Waals surface area contributed by atoms with Gasteiger partial charge in [0.05, 0.1) is 5.41 Å². The van der Waals surface area contributed by atoms with Crippen molar-refractivity contribution in [3.63, 3.8) is 0 Å². The number of carbonyl (C=O) groups excluding carboxylic acids is 1. The van der Waals surface area contributed by atoms with Crippen LogP contribution in [0.15, 0.2) is 0 Å². The first-order valence-electron chi connectivity index (χ1n) is 7.83. The van der Waals surface area contributed by atoms with Crippen LogP contribution in [0.4, 0.5) is 0 Å². The van der Waals surface area contributed by atoms with Crippen LogP contribution in [0, 0.1) is 22.7 Å². The lowest BCUT2D eigenvalue weighted by molar-refractivity contribution is -0.155. The van der Waals surface area contributed by atoms with Crippen LogP contribution in [-0.2, 0) is 4.79 Å². The number of carbonyl (C=O) groups is 1. The van der Waals surface area contributed by atoms with Gasteiger partial charge in [0.15, 0.2) is 0 Å². The van der Waals surface area contributed by atoms with E-state index in [2.05, 4.69) is 35.1 Å². The van der Waals surface area contributed by atoms with E-state index in [9.17, 15) is 4.79 Å². The second-order valence-corrected chi connectivity index (χ2v) is 9.44. The van der Waals surface area contributed by atoms with E-state index in [1.165, 1.54) is 19.3 Å². The van der Waals surface area contributed by atoms with Gasteiger partial charge < -0.3 is 5.32 Å². The van der Waals surface area contributed by atoms with Gasteiger partial charge in [-0.05, 0) is 62.2 Å². The minimum atomic E-state index is -0.00557. The van der Waals surface area contributed by atoms with Gasteiger partial charge in [0.1, 0.15) is 0 Å². The molecule has 1 N–H and O–H groups in total. The summed E-state index contributed by atoms with van der Waals surface area (Å²) in [6, 6.07) is 0. The van der Waals surface area contributed by atoms with E-state index in [-0.39, 0.29) is 5.41 Å². The number of hydrogen-bond acceptors (Lipinski definition) is 1. The van der Waals surface area contributed by atoms with Crippen molar-refractivity contribution < 1.29 is 4.79 Å². The summed E-state index contributed by atoms with van der Waals surface area (Å²) in [4.78, 5) is 13.2. The number of alkyl halides is 1. The fourth-order valence-electron chi connectivity index (χ4n) is 5.56. The van der Waals surface area contributed by atoms with E-state index in [1.54, 1.807) is 0 Å². The third-order valence-corrected chi connectivity index (χ3v) is 6.12. The third kappa shape index (κ3) is 2.59. The Morgan fingerprint density at radius 2 is 1.95 bits per heavy atom. The molecule has 2 nitrogen and oxygen atoms in total. The van der Waals surface area contributed by atoms with Gasteiger partial charge in [-0.15, -0.1) is 0 Å². The molecular weight excluding hydrogens is 302 g/mol. The van der Waals surface area contributed by atoms with Gasteiger partial charge in [0, 0.05) is 11.4 Å². The molecule has 4 bridgehead atoms. The average molecular weight is 328 g/mol. The Morgan fingerprint density at radius 1 is 1.32 bits per heavy atom. The summed E-state index contributed by atoms with van der Waals surface area (Å²) in [5.74, 6) is 2.01. The molecule has 1 amide bonds. The summed E-state index contributed by atoms with van der Waals surface area (Å²) in [5.41, 5.74) is 0.457. The lowest BCUT2D eigenvalue weighted by atomic mass is 9.44. The molecule has 0 aromatic rings. The molecule has 0 spiro atoms. The summed E-state index contributed by atoms with van der Waals surface area (Å²) < 4.78 is 0. The van der Waals surface area contributed by atoms with Crippen LogP contribution >= 0.6 is 15.9 Å². The Bertz CT molecular complexity index is 365. The maximum atomic E-state index is 12.7. The Kier molecular flexibility index (Phi) is 3.48. The highest BCUT2D eigenvalue weighted by Crippen LogP contribution is 2.65. The molecule has 3 atom stereocenters. The smallest absolute Gasteiger partial charge is 0.226 e. The maximum absolute atomic E-state index is 12.7. The summed E-state index contributed by atoms with van der Waals surface area (Å²) in [6.45, 7) is 5.38. The molecular formula is C16H26BrNO. The van der Waals surface area contributed by atoms with E-state index in [1.807, 2.05) is 0 Å². The zero-order valence-corrected chi connectivity index (χ0v) is 13.8. The first kappa shape index (κ1) is 13.9. The van der Waals surface area contributed by atoms with Crippen LogP contribution in [0.3, 0.4) is 0 Å². The van der Waals surface area contributed by atoms with E-state index < -0.39 is 0 Å². The number of hydrogen-bond donors (Lipinski definition) is 1. The monoisotopic (exact) mass is 327 g/mol. The van der Waals surface area contributed by atoms with Gasteiger partial charge in [-0.2, -0.15) is 0 Å². The largest absolute Gasteiger partial charge is 0.356 e. The zero-order chi connectivity index (χ0) is 13.7. The second kappa shape index (κ2) is 4.75. The number of nitrogens with one attached hydrogen (secondary N) is 1. The molecule has 0 saturated heterocycles. The fourth-order valence-corrected chi connectivity index (χ4v) is 5.79. The SMILES string of the molecule is CC(Br)CCNC(=O)C12CC3CC(CC(C)(C3)C1)C2. The summed E-state index contributed by atoms with van der Waals surface area (Å²) in [7, 11) is 0. The van der Waals surface area contributed by atoms with Crippen molar-refractivity contribution in [3.05, 3.63) is 0 Å². The Hall–Kier alpha value is -0.0500. The van der Waals surface area contributed by atoms with Crippen LogP contribution in [0.25, 0.3) is 0 Å². The summed E-state index contributed by atoms with van der Waals surface area (Å²) in [6.07, 6.45) is 8.62. The average Bonchev–Trinajstić information content (AvgIpc) is 2.24. The standard InChI is InChI=1S/C16H26BrNO/c1-11(17)3-4-18-14(19)16-8-12-5-13(9-16)7-15(2,6-12)10-16/h11-13H,3-10H2,1-2H3,(H,18,19). The lowest BCUT2D eigenvalue weighted by Crippen LogP contribution is -2.56. The predicted molar refractivity (Wildman–Crippen MR) is 81.2 cm³/mol. The Morgan fingerprint density at radius 3 is 2.47 bits per heavy atom. The molecule has 3 heteroatoms. The molecule has 0 aromatic carbocycles. The van der Waals surface area contributed by atoms with Gasteiger partial charge in [-0.1, -0.05) is 29.8 Å². The van der Waals surface area contributed by atoms with Crippen molar-refractivity contribution in [1.29, 1.82) is 0 Å². The third-order valence-electron chi connectivity index (χ3n) is 5.66. The number of amides is 1. The molecule has 4 fully saturated rings. The quantitative estimate of drug-likeness (QED) is 0.780. The van der Waals surface area contributed by atoms with Crippen LogP contribution in [0.1, 0.15) is 58.8 Å². The molecule has 0 aliphatic heterocycles. The predicted octanol–water partition coefficient (Wildman–Crippen LogP) is 3.88. The molecule has 4 aliphatic carbocycles. The highest BCUT2D eigenvalue weighted by atomic mass is 79.9. The van der Waals surface area contributed by atoms with Crippen molar-refractivity contribution in [2.45, 2.75) is 63.6 Å². The van der Waals surface area contributed by atoms with Crippen LogP contribution in [0.2, 0.25) is 0 Å². The van der Waals surface area contributed by atoms with Crippen LogP contribution in [-0.4, -0.2) is 17.3 Å². The highest BCUT2D eigenvalue weighted by molar-refractivity contribution is 9.09. The fraction of sp³-hybridized carbons (Fsp3) is 0.938. The normalized spacial score (nSPS) is 45.2. The summed E-state index contributed by atoms with van der Waals surface area (Å²) >= 11 is 3.55. The molecule has 0 aromatic heterocycles. The van der Waals surface area contributed by atoms with E-state index in [0.29, 0.717) is 16.1 Å². The van der Waals surface area contributed by atoms with E-state index >= 15 is 0 Å². The van der Waals surface area contributed by atoms with Crippen LogP contribution < -0.4 is 5.32 Å². The van der Waals surface area contributed by atoms with Gasteiger partial charge in [-0.25, -0.2) is 0 Å². The molecule has 4 saturated carbocycles. The van der Waals surface area contributed by atoms with Crippen molar-refractivity contribution in [2.75, 3.05) is 6.54 Å². The maximum Gasteiger partial charge on any atom is 0.226 e. The highest BCUT2D eigenvalue weighted by Gasteiger charge is 2.58. The van der Waals surface area contributed by atoms with Crippen molar-refractivity contribution in [2.24, 2.45) is 22.7 Å². The Balaban J connectivity index is 1.68. The van der Waals surface area contributed by atoms with Gasteiger partial charge in [0.2, 0.25) is 5.91 Å². The Labute approximate surface area is 125 Å². The number of rotatable bonds is 4. The molecule has 108 valence electrons. The van der Waals surface area contributed by atoms with Crippen molar-refractivity contribution in [3.8, 4) is 0 Å². The number of halogens is 1. The lowest BCUT2D eigenvalue weighted by Gasteiger charge is -2.60. The van der Waals surface area contributed by atoms with E-state index in [4.69, 9.17) is 0 Å². The van der Waals surface area contributed by atoms with E-state index in [0.717, 1.165) is 44.1 Å². The van der Waals surface area contributed by atoms with Gasteiger partial charge in [-0.3, -0.25) is 4.79 Å². The minimum Gasteiger partial charge on any atom is -0.356 e. The second-order valence-electron chi connectivity index (χ2n) is 7.88. The summed E-state index contributed by atoms with van der Waals surface area (Å²) in [5, 5.41) is 3.22. The minimum absolute atomic E-state index is 0.00557. The topological polar surface area (TPSA) is 29.1 Å². The molecule has 4 aliphatic rings. The first-order chi connectivity index (χ1) is 8.91. The van der Waals surface area contributed by atoms with Crippen LogP contribution in [0.5, 0.6) is 0 Å².